The van der Waals surface area contributed by atoms with Crippen molar-refractivity contribution in [2.75, 3.05) is 19.8 Å². The summed E-state index contributed by atoms with van der Waals surface area (Å²) in [5.74, 6) is -1.99. The third kappa shape index (κ3) is 5.43. The number of rotatable bonds is 10. The van der Waals surface area contributed by atoms with Gasteiger partial charge in [0.25, 0.3) is 5.92 Å². The third-order valence-corrected chi connectivity index (χ3v) is 3.77. The van der Waals surface area contributed by atoms with Gasteiger partial charge in [0.1, 0.15) is 11.5 Å². The van der Waals surface area contributed by atoms with Gasteiger partial charge in [-0.2, -0.15) is 8.78 Å². The van der Waals surface area contributed by atoms with Crippen LogP contribution in [-0.4, -0.2) is 24.9 Å². The first-order chi connectivity index (χ1) is 12.1. The normalized spacial score (nSPS) is 11.4. The molecule has 1 N–H and O–H groups in total. The molecule has 2 rings (SSSR count). The van der Waals surface area contributed by atoms with E-state index in [0.717, 1.165) is 12.8 Å². The molecule has 2 aromatic carbocycles. The number of hydrogen-bond acceptors (Lipinski definition) is 3. The summed E-state index contributed by atoms with van der Waals surface area (Å²) >= 11 is 0. The third-order valence-electron chi connectivity index (χ3n) is 3.77. The van der Waals surface area contributed by atoms with Gasteiger partial charge in [0.15, 0.2) is 0 Å². The van der Waals surface area contributed by atoms with E-state index in [4.69, 9.17) is 14.6 Å². The highest BCUT2D eigenvalue weighted by Gasteiger charge is 2.33. The maximum Gasteiger partial charge on any atom is 0.298 e. The smallest absolute Gasteiger partial charge is 0.298 e. The summed E-state index contributed by atoms with van der Waals surface area (Å²) in [5.41, 5.74) is -0.175. The van der Waals surface area contributed by atoms with E-state index in [9.17, 15) is 8.78 Å². The van der Waals surface area contributed by atoms with Crippen LogP contribution in [-0.2, 0) is 5.92 Å². The fourth-order valence-electron chi connectivity index (χ4n) is 2.28. The number of aliphatic hydroxyl groups excluding tert-OH is 1. The number of ether oxygens (including phenoxy) is 2. The Kier molecular flexibility index (Phi) is 7.19. The Balaban J connectivity index is 2.04. The fraction of sp³-hybridized carbons (Fsp3) is 0.400. The van der Waals surface area contributed by atoms with Gasteiger partial charge in [-0.25, -0.2) is 0 Å². The van der Waals surface area contributed by atoms with Gasteiger partial charge in [-0.05, 0) is 55.0 Å². The van der Waals surface area contributed by atoms with Crippen molar-refractivity contribution < 1.29 is 23.4 Å². The Morgan fingerprint density at radius 1 is 0.800 bits per heavy atom. The fourth-order valence-corrected chi connectivity index (χ4v) is 2.28. The lowest BCUT2D eigenvalue weighted by atomic mass is 10.0. The lowest BCUT2D eigenvalue weighted by Gasteiger charge is -2.18. The van der Waals surface area contributed by atoms with Gasteiger partial charge in [0, 0.05) is 24.2 Å². The Morgan fingerprint density at radius 2 is 1.24 bits per heavy atom. The van der Waals surface area contributed by atoms with Gasteiger partial charge >= 0.3 is 0 Å². The van der Waals surface area contributed by atoms with E-state index < -0.39 is 5.92 Å². The van der Waals surface area contributed by atoms with Crippen molar-refractivity contribution in [3.05, 3.63) is 59.7 Å². The summed E-state index contributed by atoms with van der Waals surface area (Å²) in [6.07, 6.45) is 2.46. The van der Waals surface area contributed by atoms with Crippen LogP contribution in [0.25, 0.3) is 0 Å². The molecule has 0 amide bonds. The summed E-state index contributed by atoms with van der Waals surface area (Å²) in [4.78, 5) is 0. The minimum Gasteiger partial charge on any atom is -0.494 e. The quantitative estimate of drug-likeness (QED) is 0.628. The molecule has 2 aromatic rings. The number of hydrogen-bond donors (Lipinski definition) is 1. The molecule has 136 valence electrons. The van der Waals surface area contributed by atoms with Crippen LogP contribution < -0.4 is 9.47 Å². The van der Waals surface area contributed by atoms with Gasteiger partial charge in [0.05, 0.1) is 13.2 Å². The first-order valence-corrected chi connectivity index (χ1v) is 8.53. The molecule has 0 radical (unpaired) electrons. The van der Waals surface area contributed by atoms with E-state index in [1.54, 1.807) is 12.1 Å². The van der Waals surface area contributed by atoms with Crippen molar-refractivity contribution in [3.8, 4) is 11.5 Å². The first-order valence-electron chi connectivity index (χ1n) is 8.53. The van der Waals surface area contributed by atoms with Crippen LogP contribution in [0.3, 0.4) is 0 Å². The lowest BCUT2D eigenvalue weighted by molar-refractivity contribution is 0.0427. The van der Waals surface area contributed by atoms with Gasteiger partial charge < -0.3 is 14.6 Å². The van der Waals surface area contributed by atoms with Crippen LogP contribution in [0, 0.1) is 0 Å². The van der Waals surface area contributed by atoms with E-state index in [-0.39, 0.29) is 17.7 Å². The van der Waals surface area contributed by atoms with Crippen molar-refractivity contribution in [1.82, 2.24) is 0 Å². The van der Waals surface area contributed by atoms with Crippen LogP contribution in [0.4, 0.5) is 8.78 Å². The molecule has 0 fully saturated rings. The molecule has 0 saturated heterocycles. The standard InChI is InChI=1S/C20H24F2O3/c1-2-3-14-24-18-9-5-16(6-10-18)20(21,22)17-7-11-19(12-8-17)25-15-4-13-23/h5-12,23H,2-4,13-15H2,1H3. The lowest BCUT2D eigenvalue weighted by Crippen LogP contribution is -2.15. The topological polar surface area (TPSA) is 38.7 Å². The van der Waals surface area contributed by atoms with Crippen molar-refractivity contribution in [1.29, 1.82) is 0 Å². The van der Waals surface area contributed by atoms with E-state index in [0.29, 0.717) is 31.1 Å². The monoisotopic (exact) mass is 350 g/mol. The van der Waals surface area contributed by atoms with E-state index in [1.165, 1.54) is 36.4 Å². The molecule has 0 aliphatic heterocycles. The van der Waals surface area contributed by atoms with Crippen LogP contribution in [0.5, 0.6) is 11.5 Å². The molecule has 0 aromatic heterocycles. The van der Waals surface area contributed by atoms with Crippen molar-refractivity contribution in [2.45, 2.75) is 32.1 Å². The molecule has 0 aliphatic rings. The minimum atomic E-state index is -3.09. The molecule has 0 bridgehead atoms. The number of unbranched alkanes of at least 4 members (excludes halogenated alkanes) is 1. The van der Waals surface area contributed by atoms with Gasteiger partial charge in [-0.15, -0.1) is 0 Å². The Bertz CT molecular complexity index is 569. The highest BCUT2D eigenvalue weighted by atomic mass is 19.3. The van der Waals surface area contributed by atoms with Gasteiger partial charge in [-0.1, -0.05) is 13.3 Å². The summed E-state index contributed by atoms with van der Waals surface area (Å²) in [5, 5.41) is 8.71. The number of alkyl halides is 2. The molecule has 0 unspecified atom stereocenters. The second-order valence-corrected chi connectivity index (χ2v) is 5.75. The molecule has 0 aliphatic carbocycles. The van der Waals surface area contributed by atoms with Crippen molar-refractivity contribution in [2.24, 2.45) is 0 Å². The zero-order valence-corrected chi connectivity index (χ0v) is 14.4. The van der Waals surface area contributed by atoms with E-state index in [2.05, 4.69) is 6.92 Å². The van der Waals surface area contributed by atoms with Crippen LogP contribution in [0.15, 0.2) is 48.5 Å². The van der Waals surface area contributed by atoms with Crippen molar-refractivity contribution >= 4 is 0 Å². The summed E-state index contributed by atoms with van der Waals surface area (Å²) in [7, 11) is 0. The molecular formula is C20H24F2O3. The summed E-state index contributed by atoms with van der Waals surface area (Å²) in [6, 6.07) is 11.7. The SMILES string of the molecule is CCCCOc1ccc(C(F)(F)c2ccc(OCCCO)cc2)cc1. The molecule has 0 heterocycles. The molecule has 25 heavy (non-hydrogen) atoms. The minimum absolute atomic E-state index is 0.0360. The largest absolute Gasteiger partial charge is 0.494 e. The van der Waals surface area contributed by atoms with Gasteiger partial charge in [-0.3, -0.25) is 0 Å². The Morgan fingerprint density at radius 3 is 1.64 bits per heavy atom. The van der Waals surface area contributed by atoms with Crippen LogP contribution >= 0.6 is 0 Å². The average Bonchev–Trinajstić information content (AvgIpc) is 2.63. The molecule has 3 nitrogen and oxygen atoms in total. The molecular weight excluding hydrogens is 326 g/mol. The van der Waals surface area contributed by atoms with Gasteiger partial charge in [0.2, 0.25) is 0 Å². The van der Waals surface area contributed by atoms with E-state index >= 15 is 0 Å². The average molecular weight is 350 g/mol. The predicted molar refractivity (Wildman–Crippen MR) is 93.5 cm³/mol. The number of halogens is 2. The second kappa shape index (κ2) is 9.37. The molecule has 5 heteroatoms. The number of aliphatic hydroxyl groups is 1. The maximum atomic E-state index is 14.7. The molecule has 0 spiro atoms. The van der Waals surface area contributed by atoms with Crippen LogP contribution in [0.1, 0.15) is 37.3 Å². The zero-order chi connectivity index (χ0) is 18.1. The van der Waals surface area contributed by atoms with Crippen LogP contribution in [0.2, 0.25) is 0 Å². The highest BCUT2D eigenvalue weighted by molar-refractivity contribution is 5.38. The highest BCUT2D eigenvalue weighted by Crippen LogP contribution is 2.37. The summed E-state index contributed by atoms with van der Waals surface area (Å²) in [6.45, 7) is 3.04. The second-order valence-electron chi connectivity index (χ2n) is 5.75. The van der Waals surface area contributed by atoms with E-state index in [1.807, 2.05) is 0 Å². The zero-order valence-electron chi connectivity index (χ0n) is 14.4. The Labute approximate surface area is 147 Å². The first kappa shape index (κ1) is 19.2. The predicted octanol–water partition coefficient (Wildman–Crippen LogP) is 4.77. The summed E-state index contributed by atoms with van der Waals surface area (Å²) < 4.78 is 40.2. The van der Waals surface area contributed by atoms with Crippen molar-refractivity contribution in [3.63, 3.8) is 0 Å². The maximum absolute atomic E-state index is 14.7. The number of benzene rings is 2. The molecule has 0 saturated carbocycles. The Hall–Kier alpha value is -2.14. The molecule has 0 atom stereocenters.